The van der Waals surface area contributed by atoms with Crippen LogP contribution in [-0.4, -0.2) is 43.8 Å². The van der Waals surface area contributed by atoms with E-state index in [0.29, 0.717) is 17.0 Å². The third kappa shape index (κ3) is 3.35. The molecule has 0 aromatic heterocycles. The van der Waals surface area contributed by atoms with E-state index in [9.17, 15) is 4.79 Å². The van der Waals surface area contributed by atoms with Gasteiger partial charge in [0.05, 0.1) is 12.8 Å². The van der Waals surface area contributed by atoms with Gasteiger partial charge >= 0.3 is 5.97 Å². The van der Waals surface area contributed by atoms with E-state index in [1.165, 1.54) is 20.0 Å². The minimum atomic E-state index is -0.453. The highest BCUT2D eigenvalue weighted by Gasteiger charge is 2.22. The average Bonchev–Trinajstić information content (AvgIpc) is 2.50. The SMILES string of the molecule is CN/C(C(=O)OC)=C1/C=CC(N2CCC(C)CC2)=CC1=N. The molecular weight excluding hydrogens is 266 g/mol. The van der Waals surface area contributed by atoms with Gasteiger partial charge in [0.15, 0.2) is 0 Å². The van der Waals surface area contributed by atoms with E-state index in [4.69, 9.17) is 10.1 Å². The molecule has 0 amide bonds. The van der Waals surface area contributed by atoms with Crippen LogP contribution in [0.15, 0.2) is 35.2 Å². The molecule has 2 N–H and O–H groups in total. The number of piperidine rings is 1. The molecule has 1 heterocycles. The van der Waals surface area contributed by atoms with E-state index in [-0.39, 0.29) is 0 Å². The van der Waals surface area contributed by atoms with Gasteiger partial charge in [-0.05, 0) is 37.0 Å². The third-order valence-electron chi connectivity index (χ3n) is 4.06. The fraction of sp³-hybridized carbons (Fsp3) is 0.500. The number of likely N-dealkylation sites (tertiary alicyclic amines) is 1. The number of allylic oxidation sites excluding steroid dienone is 4. The lowest BCUT2D eigenvalue weighted by molar-refractivity contribution is -0.136. The molecular formula is C16H23N3O2. The van der Waals surface area contributed by atoms with Crippen molar-refractivity contribution in [3.05, 3.63) is 35.2 Å². The number of esters is 1. The number of likely N-dealkylation sites (N-methyl/N-ethyl adjacent to an activating group) is 1. The van der Waals surface area contributed by atoms with Crippen LogP contribution in [-0.2, 0) is 9.53 Å². The maximum atomic E-state index is 11.7. The lowest BCUT2D eigenvalue weighted by Gasteiger charge is -2.33. The Balaban J connectivity index is 2.18. The van der Waals surface area contributed by atoms with Crippen molar-refractivity contribution in [2.45, 2.75) is 19.8 Å². The minimum absolute atomic E-state index is 0.321. The Morgan fingerprint density at radius 2 is 2.05 bits per heavy atom. The Hall–Kier alpha value is -2.04. The molecule has 0 atom stereocenters. The van der Waals surface area contributed by atoms with Gasteiger partial charge in [-0.2, -0.15) is 0 Å². The number of nitrogens with zero attached hydrogens (tertiary/aromatic N) is 1. The fourth-order valence-electron chi connectivity index (χ4n) is 2.66. The van der Waals surface area contributed by atoms with Crippen LogP contribution in [0.25, 0.3) is 0 Å². The topological polar surface area (TPSA) is 65.4 Å². The maximum absolute atomic E-state index is 11.7. The van der Waals surface area contributed by atoms with E-state index in [1.807, 2.05) is 18.2 Å². The van der Waals surface area contributed by atoms with Crippen LogP contribution in [0, 0.1) is 11.3 Å². The molecule has 1 aliphatic carbocycles. The van der Waals surface area contributed by atoms with Crippen molar-refractivity contribution >= 4 is 11.7 Å². The van der Waals surface area contributed by atoms with Gasteiger partial charge in [0, 0.05) is 31.4 Å². The number of carbonyl (C=O) groups is 1. The largest absolute Gasteiger partial charge is 0.464 e. The van der Waals surface area contributed by atoms with Crippen LogP contribution in [0.3, 0.4) is 0 Å². The number of carbonyl (C=O) groups excluding carboxylic acids is 1. The zero-order valence-corrected chi connectivity index (χ0v) is 12.9. The Kier molecular flexibility index (Phi) is 4.83. The molecule has 21 heavy (non-hydrogen) atoms. The molecule has 0 radical (unpaired) electrons. The van der Waals surface area contributed by atoms with Gasteiger partial charge in [0.25, 0.3) is 0 Å². The summed E-state index contributed by atoms with van der Waals surface area (Å²) in [5.74, 6) is 0.324. The highest BCUT2D eigenvalue weighted by Crippen LogP contribution is 2.24. The van der Waals surface area contributed by atoms with E-state index in [2.05, 4.69) is 17.1 Å². The first kappa shape index (κ1) is 15.4. The highest BCUT2D eigenvalue weighted by molar-refractivity contribution is 6.14. The second-order valence-corrected chi connectivity index (χ2v) is 5.52. The average molecular weight is 289 g/mol. The first-order valence-electron chi connectivity index (χ1n) is 7.30. The summed E-state index contributed by atoms with van der Waals surface area (Å²) in [6.45, 7) is 4.33. The predicted octanol–water partition coefficient (Wildman–Crippen LogP) is 1.84. The van der Waals surface area contributed by atoms with Crippen LogP contribution < -0.4 is 5.32 Å². The Morgan fingerprint density at radius 1 is 1.38 bits per heavy atom. The van der Waals surface area contributed by atoms with E-state index in [0.717, 1.165) is 24.7 Å². The van der Waals surface area contributed by atoms with E-state index < -0.39 is 5.97 Å². The molecule has 1 saturated heterocycles. The van der Waals surface area contributed by atoms with Crippen molar-refractivity contribution in [1.82, 2.24) is 10.2 Å². The molecule has 1 aliphatic heterocycles. The Labute approximate surface area is 125 Å². The van der Waals surface area contributed by atoms with Crippen molar-refractivity contribution in [1.29, 1.82) is 5.41 Å². The molecule has 114 valence electrons. The van der Waals surface area contributed by atoms with Gasteiger partial charge in [0.2, 0.25) is 0 Å². The molecule has 5 nitrogen and oxygen atoms in total. The number of hydrogen-bond acceptors (Lipinski definition) is 5. The van der Waals surface area contributed by atoms with Gasteiger partial charge in [0.1, 0.15) is 5.70 Å². The second kappa shape index (κ2) is 6.61. The summed E-state index contributed by atoms with van der Waals surface area (Å²) in [6, 6.07) is 0. The van der Waals surface area contributed by atoms with Crippen LogP contribution >= 0.6 is 0 Å². The molecule has 0 saturated carbocycles. The van der Waals surface area contributed by atoms with Crippen molar-refractivity contribution in [2.75, 3.05) is 27.2 Å². The molecule has 0 spiro atoms. The van der Waals surface area contributed by atoms with Gasteiger partial charge in [-0.3, -0.25) is 0 Å². The smallest absolute Gasteiger partial charge is 0.354 e. The van der Waals surface area contributed by atoms with Gasteiger partial charge in [-0.15, -0.1) is 0 Å². The standard InChI is InChI=1S/C16H23N3O2/c1-11-6-8-19(9-7-11)12-4-5-13(14(17)10-12)15(18-2)16(20)21-3/h4-5,10-11,17-18H,6-9H2,1-3H3/b15-13-,17-14?. The molecule has 2 aliphatic rings. The molecule has 0 aromatic carbocycles. The maximum Gasteiger partial charge on any atom is 0.354 e. The van der Waals surface area contributed by atoms with Crippen LogP contribution in [0.2, 0.25) is 0 Å². The van der Waals surface area contributed by atoms with Gasteiger partial charge in [-0.25, -0.2) is 4.79 Å². The summed E-state index contributed by atoms with van der Waals surface area (Å²) in [6.07, 6.45) is 7.99. The number of nitrogens with one attached hydrogen (secondary N) is 2. The normalized spacial score (nSPS) is 22.0. The van der Waals surface area contributed by atoms with Crippen molar-refractivity contribution in [3.8, 4) is 0 Å². The third-order valence-corrected chi connectivity index (χ3v) is 4.06. The van der Waals surface area contributed by atoms with Gasteiger partial charge in [-0.1, -0.05) is 6.92 Å². The quantitative estimate of drug-likeness (QED) is 0.614. The van der Waals surface area contributed by atoms with Crippen molar-refractivity contribution in [3.63, 3.8) is 0 Å². The zero-order valence-electron chi connectivity index (χ0n) is 12.9. The highest BCUT2D eigenvalue weighted by atomic mass is 16.5. The molecule has 5 heteroatoms. The fourth-order valence-corrected chi connectivity index (χ4v) is 2.66. The van der Waals surface area contributed by atoms with Crippen molar-refractivity contribution < 1.29 is 9.53 Å². The molecule has 0 aromatic rings. The summed E-state index contributed by atoms with van der Waals surface area (Å²) >= 11 is 0. The summed E-state index contributed by atoms with van der Waals surface area (Å²) in [5.41, 5.74) is 2.27. The lowest BCUT2D eigenvalue weighted by atomic mass is 9.96. The molecule has 0 unspecified atom stereocenters. The lowest BCUT2D eigenvalue weighted by Crippen LogP contribution is -2.33. The van der Waals surface area contributed by atoms with Crippen LogP contribution in [0.1, 0.15) is 19.8 Å². The van der Waals surface area contributed by atoms with Crippen molar-refractivity contribution in [2.24, 2.45) is 5.92 Å². The summed E-state index contributed by atoms with van der Waals surface area (Å²) < 4.78 is 4.74. The number of ether oxygens (including phenoxy) is 1. The second-order valence-electron chi connectivity index (χ2n) is 5.52. The molecule has 0 bridgehead atoms. The summed E-state index contributed by atoms with van der Waals surface area (Å²) in [7, 11) is 3.00. The first-order chi connectivity index (χ1) is 10.1. The summed E-state index contributed by atoms with van der Waals surface area (Å²) in [5, 5.41) is 11.0. The number of rotatable bonds is 3. The minimum Gasteiger partial charge on any atom is -0.464 e. The zero-order chi connectivity index (χ0) is 15.4. The van der Waals surface area contributed by atoms with E-state index >= 15 is 0 Å². The molecule has 1 fully saturated rings. The van der Waals surface area contributed by atoms with Crippen LogP contribution in [0.4, 0.5) is 0 Å². The number of methoxy groups -OCH3 is 1. The Morgan fingerprint density at radius 3 is 2.57 bits per heavy atom. The van der Waals surface area contributed by atoms with Gasteiger partial charge < -0.3 is 20.4 Å². The monoisotopic (exact) mass is 289 g/mol. The Bertz CT molecular complexity index is 524. The molecule has 2 rings (SSSR count). The predicted molar refractivity (Wildman–Crippen MR) is 83.0 cm³/mol. The van der Waals surface area contributed by atoms with Crippen LogP contribution in [0.5, 0.6) is 0 Å². The first-order valence-corrected chi connectivity index (χ1v) is 7.30. The number of hydrogen-bond donors (Lipinski definition) is 2. The summed E-state index contributed by atoms with van der Waals surface area (Å²) in [4.78, 5) is 14.0. The van der Waals surface area contributed by atoms with E-state index in [1.54, 1.807) is 7.05 Å².